The van der Waals surface area contributed by atoms with Gasteiger partial charge in [-0.1, -0.05) is 36.9 Å². The van der Waals surface area contributed by atoms with Crippen LogP contribution < -0.4 is 15.0 Å². The van der Waals surface area contributed by atoms with E-state index in [2.05, 4.69) is 30.3 Å². The summed E-state index contributed by atoms with van der Waals surface area (Å²) in [6.07, 6.45) is 3.72. The normalized spacial score (nSPS) is 15.4. The van der Waals surface area contributed by atoms with Crippen molar-refractivity contribution in [3.63, 3.8) is 0 Å². The van der Waals surface area contributed by atoms with Gasteiger partial charge in [0.15, 0.2) is 11.8 Å². The number of carboxylic acids is 1. The molecule has 11 nitrogen and oxygen atoms in total. The van der Waals surface area contributed by atoms with Gasteiger partial charge in [-0.25, -0.2) is 9.78 Å². The number of aliphatic carboxylic acids is 1. The highest BCUT2D eigenvalue weighted by atomic mass is 16.5. The minimum absolute atomic E-state index is 0.137. The third-order valence-corrected chi connectivity index (χ3v) is 7.63. The molecule has 1 unspecified atom stereocenters. The lowest BCUT2D eigenvalue weighted by atomic mass is 9.92. The van der Waals surface area contributed by atoms with Crippen LogP contribution in [0.15, 0.2) is 55.6 Å². The van der Waals surface area contributed by atoms with Gasteiger partial charge in [-0.3, -0.25) is 4.79 Å². The van der Waals surface area contributed by atoms with E-state index in [1.807, 2.05) is 51.1 Å². The molecule has 1 atom stereocenters. The van der Waals surface area contributed by atoms with E-state index in [0.717, 1.165) is 18.4 Å². The van der Waals surface area contributed by atoms with Gasteiger partial charge in [0.2, 0.25) is 5.91 Å². The maximum Gasteiger partial charge on any atom is 0.337 e. The Labute approximate surface area is 264 Å². The van der Waals surface area contributed by atoms with Crippen molar-refractivity contribution in [3.8, 4) is 5.75 Å². The Balaban J connectivity index is 1.66. The number of benzene rings is 1. The molecule has 2 aromatic heterocycles. The van der Waals surface area contributed by atoms with Crippen molar-refractivity contribution in [1.29, 1.82) is 0 Å². The van der Waals surface area contributed by atoms with Crippen molar-refractivity contribution in [2.45, 2.75) is 77.7 Å². The summed E-state index contributed by atoms with van der Waals surface area (Å²) in [5.41, 5.74) is 1.85. The standard InChI is InChI=1S/C34H45N5O6/c1-8-18-43-26-13-11-10-12-24(26)20-28(40)35-22-25-21-27-36-23(3)29(30(32(41)42)45-33(4,5)6)31(39(27)37-25)38-16-14-34(7,15-17-38)44-19-9-2/h8-13,21,30H,1-2,14-20,22H2,3-7H3,(H,35,40)(H,41,42). The van der Waals surface area contributed by atoms with Crippen molar-refractivity contribution in [1.82, 2.24) is 19.9 Å². The molecule has 3 heterocycles. The fraction of sp³-hybridized carbons (Fsp3) is 0.471. The first-order valence-corrected chi connectivity index (χ1v) is 15.2. The number of ether oxygens (including phenoxy) is 3. The number of anilines is 1. The molecule has 0 aliphatic carbocycles. The van der Waals surface area contributed by atoms with Gasteiger partial charge >= 0.3 is 5.97 Å². The van der Waals surface area contributed by atoms with Gasteiger partial charge in [0.05, 0.1) is 42.0 Å². The number of nitrogens with one attached hydrogen (secondary N) is 1. The third kappa shape index (κ3) is 8.49. The Bertz CT molecular complexity index is 1530. The molecular formula is C34H45N5O6. The lowest BCUT2D eigenvalue weighted by molar-refractivity contribution is -0.160. The molecule has 0 spiro atoms. The monoisotopic (exact) mass is 619 g/mol. The van der Waals surface area contributed by atoms with Crippen LogP contribution in [0.25, 0.3) is 5.65 Å². The van der Waals surface area contributed by atoms with Crippen LogP contribution in [0, 0.1) is 6.92 Å². The first kappa shape index (κ1) is 33.7. The van der Waals surface area contributed by atoms with E-state index >= 15 is 0 Å². The molecule has 0 bridgehead atoms. The van der Waals surface area contributed by atoms with Crippen molar-refractivity contribution in [2.24, 2.45) is 0 Å². The molecular weight excluding hydrogens is 574 g/mol. The first-order valence-electron chi connectivity index (χ1n) is 15.2. The van der Waals surface area contributed by atoms with Gasteiger partial charge in [0, 0.05) is 30.4 Å². The zero-order valence-electron chi connectivity index (χ0n) is 27.0. The predicted octanol–water partition coefficient (Wildman–Crippen LogP) is 4.96. The molecule has 0 saturated carbocycles. The molecule has 4 rings (SSSR count). The average Bonchev–Trinajstić information content (AvgIpc) is 3.39. The molecule has 1 saturated heterocycles. The van der Waals surface area contributed by atoms with E-state index in [9.17, 15) is 14.7 Å². The van der Waals surface area contributed by atoms with Crippen LogP contribution in [0.3, 0.4) is 0 Å². The molecule has 1 aromatic carbocycles. The molecule has 1 aliphatic rings. The Morgan fingerprint density at radius 2 is 1.84 bits per heavy atom. The molecule has 0 radical (unpaired) electrons. The number of carboxylic acid groups (broad SMARTS) is 1. The topological polar surface area (TPSA) is 128 Å². The van der Waals surface area contributed by atoms with Crippen LogP contribution in [0.5, 0.6) is 5.75 Å². The van der Waals surface area contributed by atoms with Crippen molar-refractivity contribution >= 4 is 23.3 Å². The molecule has 11 heteroatoms. The average molecular weight is 620 g/mol. The van der Waals surface area contributed by atoms with E-state index in [1.54, 1.807) is 23.6 Å². The molecule has 242 valence electrons. The van der Waals surface area contributed by atoms with Gasteiger partial charge in [-0.05, 0) is 53.5 Å². The molecule has 1 fully saturated rings. The second-order valence-corrected chi connectivity index (χ2v) is 12.5. The predicted molar refractivity (Wildman–Crippen MR) is 173 cm³/mol. The second kappa shape index (κ2) is 14.3. The SMILES string of the molecule is C=CCOc1ccccc1CC(=O)NCc1cc2nc(C)c(C(OC(C)(C)C)C(=O)O)c(N3CCC(C)(OCC=C)CC3)n2n1. The number of piperidine rings is 1. The van der Waals surface area contributed by atoms with Crippen molar-refractivity contribution < 1.29 is 28.9 Å². The highest BCUT2D eigenvalue weighted by Gasteiger charge is 2.37. The highest BCUT2D eigenvalue weighted by Crippen LogP contribution is 2.37. The number of nitrogens with zero attached hydrogens (tertiary/aromatic N) is 4. The summed E-state index contributed by atoms with van der Waals surface area (Å²) < 4.78 is 19.5. The molecule has 3 aromatic rings. The van der Waals surface area contributed by atoms with Crippen molar-refractivity contribution in [3.05, 3.63) is 78.2 Å². The lowest BCUT2D eigenvalue weighted by Gasteiger charge is -2.41. The Kier molecular flexibility index (Phi) is 10.7. The Hall–Kier alpha value is -4.22. The summed E-state index contributed by atoms with van der Waals surface area (Å²) in [6, 6.07) is 9.21. The number of aryl methyl sites for hydroxylation is 1. The van der Waals surface area contributed by atoms with Gasteiger partial charge in [-0.2, -0.15) is 9.61 Å². The van der Waals surface area contributed by atoms with E-state index in [1.165, 1.54) is 0 Å². The number of rotatable bonds is 14. The van der Waals surface area contributed by atoms with Crippen LogP contribution in [0.1, 0.15) is 69.2 Å². The van der Waals surface area contributed by atoms with Crippen LogP contribution in [-0.4, -0.2) is 69.1 Å². The zero-order chi connectivity index (χ0) is 32.8. The summed E-state index contributed by atoms with van der Waals surface area (Å²) in [6.45, 7) is 19.0. The second-order valence-electron chi connectivity index (χ2n) is 12.5. The number of aromatic nitrogens is 3. The number of hydrogen-bond acceptors (Lipinski definition) is 8. The molecule has 1 amide bonds. The maximum atomic E-state index is 12.9. The minimum atomic E-state index is -1.27. The van der Waals surface area contributed by atoms with E-state index in [0.29, 0.717) is 60.5 Å². The number of hydrogen-bond donors (Lipinski definition) is 2. The number of carbonyl (C=O) groups excluding carboxylic acids is 1. The Morgan fingerprint density at radius 1 is 1.16 bits per heavy atom. The number of carbonyl (C=O) groups is 2. The van der Waals surface area contributed by atoms with Crippen molar-refractivity contribution in [2.75, 3.05) is 31.2 Å². The summed E-state index contributed by atoms with van der Waals surface area (Å²) in [4.78, 5) is 32.5. The van der Waals surface area contributed by atoms with Crippen LogP contribution in [-0.2, 0) is 32.0 Å². The van der Waals surface area contributed by atoms with Gasteiger partial charge in [-0.15, -0.1) is 6.58 Å². The number of para-hydroxylation sites is 1. The van der Waals surface area contributed by atoms with Gasteiger partial charge < -0.3 is 29.5 Å². The number of amides is 1. The molecule has 2 N–H and O–H groups in total. The maximum absolute atomic E-state index is 12.9. The first-order chi connectivity index (χ1) is 21.3. The van der Waals surface area contributed by atoms with E-state index in [4.69, 9.17) is 24.3 Å². The van der Waals surface area contributed by atoms with E-state index < -0.39 is 17.7 Å². The van der Waals surface area contributed by atoms with Crippen LogP contribution >= 0.6 is 0 Å². The fourth-order valence-electron chi connectivity index (χ4n) is 5.41. The minimum Gasteiger partial charge on any atom is -0.489 e. The summed E-state index contributed by atoms with van der Waals surface area (Å²) in [5.74, 6) is -0.0457. The summed E-state index contributed by atoms with van der Waals surface area (Å²) >= 11 is 0. The fourth-order valence-corrected chi connectivity index (χ4v) is 5.41. The highest BCUT2D eigenvalue weighted by molar-refractivity contribution is 5.80. The Morgan fingerprint density at radius 3 is 2.49 bits per heavy atom. The molecule has 45 heavy (non-hydrogen) atoms. The quantitative estimate of drug-likeness (QED) is 0.241. The van der Waals surface area contributed by atoms with Crippen LogP contribution in [0.4, 0.5) is 5.82 Å². The van der Waals surface area contributed by atoms with Gasteiger partial charge in [0.1, 0.15) is 18.2 Å². The van der Waals surface area contributed by atoms with Gasteiger partial charge in [0.25, 0.3) is 0 Å². The van der Waals surface area contributed by atoms with Crippen LogP contribution in [0.2, 0.25) is 0 Å². The van der Waals surface area contributed by atoms with E-state index in [-0.39, 0.29) is 24.5 Å². The largest absolute Gasteiger partial charge is 0.489 e. The third-order valence-electron chi connectivity index (χ3n) is 7.63. The summed E-state index contributed by atoms with van der Waals surface area (Å²) in [5, 5.41) is 18.1. The smallest absolute Gasteiger partial charge is 0.337 e. The number of fused-ring (bicyclic) bond motifs is 1. The lowest BCUT2D eigenvalue weighted by Crippen LogP contribution is -2.45. The zero-order valence-corrected chi connectivity index (χ0v) is 27.0. The molecule has 1 aliphatic heterocycles. The summed E-state index contributed by atoms with van der Waals surface area (Å²) in [7, 11) is 0.